The van der Waals surface area contributed by atoms with Crippen LogP contribution in [-0.4, -0.2) is 15.1 Å². The van der Waals surface area contributed by atoms with Gasteiger partial charge in [0.25, 0.3) is 0 Å². The van der Waals surface area contributed by atoms with Gasteiger partial charge in [-0.05, 0) is 24.3 Å². The van der Waals surface area contributed by atoms with Crippen LogP contribution in [0.3, 0.4) is 0 Å². The molecule has 5 heteroatoms. The van der Waals surface area contributed by atoms with E-state index in [0.717, 1.165) is 20.8 Å². The number of phenols is 1. The Morgan fingerprint density at radius 1 is 1.24 bits per heavy atom. The van der Waals surface area contributed by atoms with Gasteiger partial charge in [0.15, 0.2) is 0 Å². The Morgan fingerprint density at radius 3 is 2.88 bits per heavy atom. The first kappa shape index (κ1) is 10.5. The van der Waals surface area contributed by atoms with Crippen LogP contribution in [0.5, 0.6) is 5.75 Å². The van der Waals surface area contributed by atoms with Gasteiger partial charge in [0.05, 0.1) is 15.9 Å². The van der Waals surface area contributed by atoms with Crippen molar-refractivity contribution in [2.24, 2.45) is 0 Å². The summed E-state index contributed by atoms with van der Waals surface area (Å²) in [5.74, 6) is 0.0817. The molecule has 3 nitrogen and oxygen atoms in total. The number of halogens is 1. The van der Waals surface area contributed by atoms with Gasteiger partial charge >= 0.3 is 0 Å². The summed E-state index contributed by atoms with van der Waals surface area (Å²) in [5, 5.41) is 10.6. The van der Waals surface area contributed by atoms with Crippen LogP contribution in [0.1, 0.15) is 0 Å². The maximum Gasteiger partial charge on any atom is 0.134 e. The quantitative estimate of drug-likeness (QED) is 0.727. The number of thiazole rings is 1. The largest absolute Gasteiger partial charge is 0.506 e. The van der Waals surface area contributed by atoms with Gasteiger partial charge in [0.2, 0.25) is 0 Å². The standard InChI is InChI=1S/C12H7ClN2OS/c13-8-5-7(1-2-10(8)16)12-15-9-6-14-4-3-11(9)17-12/h1-6,16H. The zero-order chi connectivity index (χ0) is 11.8. The van der Waals surface area contributed by atoms with E-state index in [0.29, 0.717) is 5.02 Å². The molecule has 0 atom stereocenters. The van der Waals surface area contributed by atoms with Gasteiger partial charge in [-0.1, -0.05) is 11.6 Å². The van der Waals surface area contributed by atoms with Gasteiger partial charge in [-0.2, -0.15) is 0 Å². The lowest BCUT2D eigenvalue weighted by atomic mass is 10.2. The Kier molecular flexibility index (Phi) is 2.46. The third-order valence-corrected chi connectivity index (χ3v) is 3.77. The van der Waals surface area contributed by atoms with Crippen LogP contribution < -0.4 is 0 Å². The molecular formula is C12H7ClN2OS. The Hall–Kier alpha value is -1.65. The van der Waals surface area contributed by atoms with Crippen molar-refractivity contribution in [3.05, 3.63) is 41.7 Å². The predicted octanol–water partition coefficient (Wildman–Crippen LogP) is 3.72. The predicted molar refractivity (Wildman–Crippen MR) is 69.5 cm³/mol. The molecule has 1 N–H and O–H groups in total. The molecule has 1 aromatic carbocycles. The first-order valence-electron chi connectivity index (χ1n) is 4.93. The van der Waals surface area contributed by atoms with E-state index in [1.165, 1.54) is 0 Å². The molecule has 0 amide bonds. The molecule has 0 fully saturated rings. The van der Waals surface area contributed by atoms with Crippen molar-refractivity contribution in [1.29, 1.82) is 0 Å². The van der Waals surface area contributed by atoms with E-state index in [1.807, 2.05) is 6.07 Å². The van der Waals surface area contributed by atoms with Crippen molar-refractivity contribution in [1.82, 2.24) is 9.97 Å². The molecule has 0 radical (unpaired) electrons. The monoisotopic (exact) mass is 262 g/mol. The van der Waals surface area contributed by atoms with Crippen LogP contribution in [0.15, 0.2) is 36.7 Å². The molecule has 17 heavy (non-hydrogen) atoms. The summed E-state index contributed by atoms with van der Waals surface area (Å²) >= 11 is 7.45. The number of hydrogen-bond acceptors (Lipinski definition) is 4. The van der Waals surface area contributed by atoms with Crippen molar-refractivity contribution in [3.8, 4) is 16.3 Å². The number of pyridine rings is 1. The SMILES string of the molecule is Oc1ccc(-c2nc3cnccc3s2)cc1Cl. The van der Waals surface area contributed by atoms with Gasteiger partial charge in [0, 0.05) is 11.8 Å². The number of aromatic nitrogens is 2. The fourth-order valence-corrected chi connectivity index (χ4v) is 2.65. The molecule has 0 bridgehead atoms. The van der Waals surface area contributed by atoms with Crippen molar-refractivity contribution < 1.29 is 5.11 Å². The summed E-state index contributed by atoms with van der Waals surface area (Å²) in [6.07, 6.45) is 3.48. The summed E-state index contributed by atoms with van der Waals surface area (Å²) in [6.45, 7) is 0. The molecular weight excluding hydrogens is 256 g/mol. The van der Waals surface area contributed by atoms with E-state index < -0.39 is 0 Å². The molecule has 3 rings (SSSR count). The van der Waals surface area contributed by atoms with E-state index >= 15 is 0 Å². The minimum atomic E-state index is 0.0817. The average molecular weight is 263 g/mol. The molecule has 3 aromatic rings. The maximum atomic E-state index is 9.37. The second-order valence-electron chi connectivity index (χ2n) is 3.53. The number of benzene rings is 1. The van der Waals surface area contributed by atoms with E-state index in [2.05, 4.69) is 9.97 Å². The second kappa shape index (κ2) is 3.98. The highest BCUT2D eigenvalue weighted by Crippen LogP contribution is 2.33. The molecule has 0 aliphatic carbocycles. The highest BCUT2D eigenvalue weighted by molar-refractivity contribution is 7.21. The number of aromatic hydroxyl groups is 1. The smallest absolute Gasteiger partial charge is 0.134 e. The highest BCUT2D eigenvalue weighted by atomic mass is 35.5. The number of hydrogen-bond donors (Lipinski definition) is 1. The lowest BCUT2D eigenvalue weighted by Crippen LogP contribution is -1.76. The van der Waals surface area contributed by atoms with E-state index in [9.17, 15) is 5.11 Å². The molecule has 2 heterocycles. The average Bonchev–Trinajstić information content (AvgIpc) is 2.76. The van der Waals surface area contributed by atoms with E-state index in [-0.39, 0.29) is 5.75 Å². The normalized spacial score (nSPS) is 10.9. The van der Waals surface area contributed by atoms with Crippen LogP contribution in [0.4, 0.5) is 0 Å². The van der Waals surface area contributed by atoms with Gasteiger partial charge in [-0.3, -0.25) is 4.98 Å². The van der Waals surface area contributed by atoms with Gasteiger partial charge in [-0.25, -0.2) is 4.98 Å². The minimum Gasteiger partial charge on any atom is -0.506 e. The van der Waals surface area contributed by atoms with Crippen molar-refractivity contribution in [3.63, 3.8) is 0 Å². The van der Waals surface area contributed by atoms with E-state index in [1.54, 1.807) is 41.9 Å². The molecule has 0 unspecified atom stereocenters. The first-order valence-corrected chi connectivity index (χ1v) is 6.13. The zero-order valence-electron chi connectivity index (χ0n) is 8.59. The summed E-state index contributed by atoms with van der Waals surface area (Å²) in [5.41, 5.74) is 1.77. The molecule has 0 aliphatic heterocycles. The van der Waals surface area contributed by atoms with Crippen LogP contribution in [-0.2, 0) is 0 Å². The fraction of sp³-hybridized carbons (Fsp3) is 0. The Balaban J connectivity index is 2.17. The molecule has 0 aliphatic rings. The molecule has 0 saturated heterocycles. The Bertz CT molecular complexity index is 663. The second-order valence-corrected chi connectivity index (χ2v) is 4.97. The fourth-order valence-electron chi connectivity index (χ4n) is 1.54. The van der Waals surface area contributed by atoms with Gasteiger partial charge in [0.1, 0.15) is 16.3 Å². The topological polar surface area (TPSA) is 46.0 Å². The third kappa shape index (κ3) is 1.85. The minimum absolute atomic E-state index is 0.0817. The Morgan fingerprint density at radius 2 is 2.12 bits per heavy atom. The molecule has 0 saturated carbocycles. The summed E-state index contributed by atoms with van der Waals surface area (Å²) in [7, 11) is 0. The van der Waals surface area contributed by atoms with Crippen molar-refractivity contribution in [2.75, 3.05) is 0 Å². The number of fused-ring (bicyclic) bond motifs is 1. The number of rotatable bonds is 1. The van der Waals surface area contributed by atoms with Crippen LogP contribution in [0, 0.1) is 0 Å². The number of phenolic OH excluding ortho intramolecular Hbond substituents is 1. The van der Waals surface area contributed by atoms with E-state index in [4.69, 9.17) is 11.6 Å². The lowest BCUT2D eigenvalue weighted by molar-refractivity contribution is 0.475. The molecule has 84 valence electrons. The Labute approximate surface area is 106 Å². The van der Waals surface area contributed by atoms with Gasteiger partial charge < -0.3 is 5.11 Å². The summed E-state index contributed by atoms with van der Waals surface area (Å²) < 4.78 is 1.08. The van der Waals surface area contributed by atoms with Crippen molar-refractivity contribution >= 4 is 33.2 Å². The van der Waals surface area contributed by atoms with Crippen LogP contribution >= 0.6 is 22.9 Å². The lowest BCUT2D eigenvalue weighted by Gasteiger charge is -1.98. The van der Waals surface area contributed by atoms with Crippen molar-refractivity contribution in [2.45, 2.75) is 0 Å². The first-order chi connectivity index (χ1) is 8.24. The summed E-state index contributed by atoms with van der Waals surface area (Å²) in [6, 6.07) is 7.01. The van der Waals surface area contributed by atoms with Crippen LogP contribution in [0.25, 0.3) is 20.8 Å². The maximum absolute atomic E-state index is 9.37. The van der Waals surface area contributed by atoms with Gasteiger partial charge in [-0.15, -0.1) is 11.3 Å². The highest BCUT2D eigenvalue weighted by Gasteiger charge is 2.08. The molecule has 0 spiro atoms. The third-order valence-electron chi connectivity index (χ3n) is 2.38. The molecule has 2 aromatic heterocycles. The zero-order valence-corrected chi connectivity index (χ0v) is 10.2. The summed E-state index contributed by atoms with van der Waals surface area (Å²) in [4.78, 5) is 8.50. The number of nitrogens with zero attached hydrogens (tertiary/aromatic N) is 2. The van der Waals surface area contributed by atoms with Crippen LogP contribution in [0.2, 0.25) is 5.02 Å².